The molecule has 0 aliphatic rings. The first-order valence-corrected chi connectivity index (χ1v) is 7.76. The van der Waals surface area contributed by atoms with Crippen LogP contribution in [-0.4, -0.2) is 28.5 Å². The second kappa shape index (κ2) is 7.83. The number of hydrogen-bond donors (Lipinski definition) is 0. The summed E-state index contributed by atoms with van der Waals surface area (Å²) in [5.41, 5.74) is 1.14. The van der Waals surface area contributed by atoms with E-state index in [9.17, 15) is 4.79 Å². The van der Waals surface area contributed by atoms with Crippen LogP contribution in [0, 0.1) is 0 Å². The summed E-state index contributed by atoms with van der Waals surface area (Å²) in [5, 5.41) is 4.12. The number of carbonyl (C=O) groups excluding carboxylic acids is 1. The summed E-state index contributed by atoms with van der Waals surface area (Å²) in [7, 11) is 1.40. The molecule has 0 saturated carbocycles. The van der Waals surface area contributed by atoms with Gasteiger partial charge in [0.2, 0.25) is 5.89 Å². The molecule has 1 unspecified atom stereocenters. The van der Waals surface area contributed by atoms with E-state index in [2.05, 4.69) is 14.9 Å². The third-order valence-electron chi connectivity index (χ3n) is 2.89. The Morgan fingerprint density at radius 2 is 2.14 bits per heavy atom. The number of nitrogens with zero attached hydrogens (tertiary/aromatic N) is 2. The van der Waals surface area contributed by atoms with Crippen molar-refractivity contribution in [2.45, 2.75) is 30.8 Å². The Hall–Kier alpha value is -1.82. The monoisotopic (exact) mass is 306 g/mol. The number of ether oxygens (including phenoxy) is 1. The van der Waals surface area contributed by atoms with E-state index in [4.69, 9.17) is 4.52 Å². The van der Waals surface area contributed by atoms with Crippen molar-refractivity contribution < 1.29 is 14.1 Å². The minimum atomic E-state index is -0.201. The Morgan fingerprint density at radius 1 is 1.38 bits per heavy atom. The van der Waals surface area contributed by atoms with Crippen LogP contribution in [0.25, 0.3) is 0 Å². The first kappa shape index (κ1) is 15.6. The van der Waals surface area contributed by atoms with Gasteiger partial charge < -0.3 is 9.26 Å². The smallest absolute Gasteiger partial charge is 0.306 e. The van der Waals surface area contributed by atoms with Gasteiger partial charge in [0.25, 0.3) is 0 Å². The van der Waals surface area contributed by atoms with Crippen LogP contribution in [0.5, 0.6) is 0 Å². The molecule has 0 N–H and O–H groups in total. The summed E-state index contributed by atoms with van der Waals surface area (Å²) in [6.07, 6.45) is 1.02. The molecular weight excluding hydrogens is 288 g/mol. The zero-order valence-corrected chi connectivity index (χ0v) is 12.9. The van der Waals surface area contributed by atoms with Crippen LogP contribution in [0.1, 0.15) is 30.6 Å². The van der Waals surface area contributed by atoms with Crippen LogP contribution in [0.3, 0.4) is 0 Å². The maximum Gasteiger partial charge on any atom is 0.306 e. The van der Waals surface area contributed by atoms with Gasteiger partial charge in [-0.2, -0.15) is 4.98 Å². The normalized spacial score (nSPS) is 12.1. The molecule has 1 atom stereocenters. The standard InChI is InChI=1S/C15H18N2O3S/c1-11(8-15(18)19-2)21-10-13-16-14(20-17-13)9-12-6-4-3-5-7-12/h3-7,11H,8-10H2,1-2H3. The van der Waals surface area contributed by atoms with Gasteiger partial charge in [0.15, 0.2) is 5.82 Å². The van der Waals surface area contributed by atoms with Crippen molar-refractivity contribution in [1.82, 2.24) is 10.1 Å². The number of esters is 1. The molecule has 21 heavy (non-hydrogen) atoms. The highest BCUT2D eigenvalue weighted by molar-refractivity contribution is 7.99. The van der Waals surface area contributed by atoms with Crippen LogP contribution in [0.2, 0.25) is 0 Å². The number of benzene rings is 1. The molecule has 2 aromatic rings. The Morgan fingerprint density at radius 3 is 2.86 bits per heavy atom. The molecule has 0 aliphatic heterocycles. The minimum absolute atomic E-state index is 0.161. The maximum atomic E-state index is 11.2. The highest BCUT2D eigenvalue weighted by Crippen LogP contribution is 2.19. The topological polar surface area (TPSA) is 65.2 Å². The molecule has 1 aromatic carbocycles. The number of aromatic nitrogens is 2. The van der Waals surface area contributed by atoms with E-state index in [0.717, 1.165) is 5.56 Å². The summed E-state index contributed by atoms with van der Waals surface area (Å²) in [6, 6.07) is 9.99. The number of methoxy groups -OCH3 is 1. The molecule has 6 heteroatoms. The molecule has 0 spiro atoms. The molecule has 0 saturated heterocycles. The van der Waals surface area contributed by atoms with Crippen LogP contribution in [0.4, 0.5) is 0 Å². The van der Waals surface area contributed by atoms with Gasteiger partial charge in [-0.1, -0.05) is 42.4 Å². The van der Waals surface area contributed by atoms with E-state index in [1.807, 2.05) is 37.3 Å². The van der Waals surface area contributed by atoms with Crippen molar-refractivity contribution in [1.29, 1.82) is 0 Å². The van der Waals surface area contributed by atoms with Gasteiger partial charge in [0.1, 0.15) is 0 Å². The quantitative estimate of drug-likeness (QED) is 0.733. The molecule has 5 nitrogen and oxygen atoms in total. The average molecular weight is 306 g/mol. The van der Waals surface area contributed by atoms with E-state index in [1.54, 1.807) is 11.8 Å². The van der Waals surface area contributed by atoms with E-state index in [0.29, 0.717) is 30.3 Å². The second-order valence-electron chi connectivity index (χ2n) is 4.67. The first-order valence-electron chi connectivity index (χ1n) is 6.71. The molecule has 0 radical (unpaired) electrons. The average Bonchev–Trinajstić information content (AvgIpc) is 2.93. The van der Waals surface area contributed by atoms with E-state index in [-0.39, 0.29) is 11.2 Å². The van der Waals surface area contributed by atoms with Crippen LogP contribution < -0.4 is 0 Å². The summed E-state index contributed by atoms with van der Waals surface area (Å²) in [5.74, 6) is 1.68. The van der Waals surface area contributed by atoms with Gasteiger partial charge in [-0.3, -0.25) is 4.79 Å². The molecule has 0 fully saturated rings. The zero-order chi connectivity index (χ0) is 15.1. The summed E-state index contributed by atoms with van der Waals surface area (Å²) < 4.78 is 9.88. The Kier molecular flexibility index (Phi) is 5.80. The molecular formula is C15H18N2O3S. The maximum absolute atomic E-state index is 11.2. The summed E-state index contributed by atoms with van der Waals surface area (Å²) in [6.45, 7) is 1.98. The highest BCUT2D eigenvalue weighted by Gasteiger charge is 2.12. The second-order valence-corrected chi connectivity index (χ2v) is 6.10. The van der Waals surface area contributed by atoms with Gasteiger partial charge in [0.05, 0.1) is 25.7 Å². The number of rotatable bonds is 7. The fraction of sp³-hybridized carbons (Fsp3) is 0.400. The van der Waals surface area contributed by atoms with E-state index in [1.165, 1.54) is 7.11 Å². The van der Waals surface area contributed by atoms with Crippen molar-refractivity contribution >= 4 is 17.7 Å². The lowest BCUT2D eigenvalue weighted by Crippen LogP contribution is -2.08. The Balaban J connectivity index is 1.82. The fourth-order valence-corrected chi connectivity index (χ4v) is 2.59. The predicted octanol–water partition coefficient (Wildman–Crippen LogP) is 2.85. The molecule has 1 heterocycles. The molecule has 0 bridgehead atoms. The zero-order valence-electron chi connectivity index (χ0n) is 12.1. The van der Waals surface area contributed by atoms with Crippen molar-refractivity contribution in [2.75, 3.05) is 7.11 Å². The number of carbonyl (C=O) groups is 1. The van der Waals surface area contributed by atoms with Crippen molar-refractivity contribution in [3.63, 3.8) is 0 Å². The minimum Gasteiger partial charge on any atom is -0.469 e. The first-order chi connectivity index (χ1) is 10.2. The third-order valence-corrected chi connectivity index (χ3v) is 4.05. The molecule has 0 aliphatic carbocycles. The van der Waals surface area contributed by atoms with Gasteiger partial charge in [-0.05, 0) is 5.56 Å². The SMILES string of the molecule is COC(=O)CC(C)SCc1noc(Cc2ccccc2)n1. The van der Waals surface area contributed by atoms with Crippen LogP contribution >= 0.6 is 11.8 Å². The largest absolute Gasteiger partial charge is 0.469 e. The number of hydrogen-bond acceptors (Lipinski definition) is 6. The number of thioether (sulfide) groups is 1. The van der Waals surface area contributed by atoms with Gasteiger partial charge >= 0.3 is 5.97 Å². The van der Waals surface area contributed by atoms with Gasteiger partial charge in [0, 0.05) is 5.25 Å². The predicted molar refractivity (Wildman–Crippen MR) is 80.9 cm³/mol. The lowest BCUT2D eigenvalue weighted by molar-refractivity contribution is -0.140. The molecule has 112 valence electrons. The van der Waals surface area contributed by atoms with E-state index < -0.39 is 0 Å². The molecule has 2 rings (SSSR count). The van der Waals surface area contributed by atoms with Crippen LogP contribution in [0.15, 0.2) is 34.9 Å². The Bertz CT molecular complexity index is 571. The van der Waals surface area contributed by atoms with Crippen LogP contribution in [-0.2, 0) is 21.7 Å². The summed E-state index contributed by atoms with van der Waals surface area (Å²) >= 11 is 1.61. The van der Waals surface area contributed by atoms with Gasteiger partial charge in [-0.15, -0.1) is 11.8 Å². The van der Waals surface area contributed by atoms with Crippen molar-refractivity contribution in [3.05, 3.63) is 47.6 Å². The fourth-order valence-electron chi connectivity index (χ4n) is 1.78. The van der Waals surface area contributed by atoms with Crippen molar-refractivity contribution in [3.8, 4) is 0 Å². The summed E-state index contributed by atoms with van der Waals surface area (Å²) in [4.78, 5) is 15.5. The Labute approximate surface area is 128 Å². The van der Waals surface area contributed by atoms with Crippen molar-refractivity contribution in [2.24, 2.45) is 0 Å². The molecule has 1 aromatic heterocycles. The highest BCUT2D eigenvalue weighted by atomic mass is 32.2. The molecule has 0 amide bonds. The van der Waals surface area contributed by atoms with Gasteiger partial charge in [-0.25, -0.2) is 0 Å². The third kappa shape index (κ3) is 5.23. The lowest BCUT2D eigenvalue weighted by atomic mass is 10.1. The lowest BCUT2D eigenvalue weighted by Gasteiger charge is -2.07. The van der Waals surface area contributed by atoms with E-state index >= 15 is 0 Å².